The van der Waals surface area contributed by atoms with Gasteiger partial charge in [-0.15, -0.1) is 0 Å². The molecule has 1 aromatic carbocycles. The molecule has 0 aliphatic carbocycles. The van der Waals surface area contributed by atoms with E-state index < -0.39 is 11.8 Å². The highest BCUT2D eigenvalue weighted by molar-refractivity contribution is 6.35. The molecule has 8 nitrogen and oxygen atoms in total. The van der Waals surface area contributed by atoms with Crippen molar-refractivity contribution in [3.8, 4) is 5.75 Å². The van der Waals surface area contributed by atoms with E-state index in [2.05, 4.69) is 5.32 Å². The topological polar surface area (TPSA) is 103 Å². The molecular weight excluding hydrogens is 350 g/mol. The smallest absolute Gasteiger partial charge is 0.312 e. The largest absolute Gasteiger partial charge is 0.508 e. The van der Waals surface area contributed by atoms with Gasteiger partial charge in [-0.3, -0.25) is 14.4 Å². The average Bonchev–Trinajstić information content (AvgIpc) is 3.23. The molecule has 1 aliphatic heterocycles. The van der Waals surface area contributed by atoms with Crippen LogP contribution in [0.5, 0.6) is 5.75 Å². The summed E-state index contributed by atoms with van der Waals surface area (Å²) in [4.78, 5) is 39.6. The minimum absolute atomic E-state index is 0.183. The van der Waals surface area contributed by atoms with Crippen LogP contribution < -0.4 is 5.32 Å². The number of furan rings is 1. The molecule has 2 N–H and O–H groups in total. The molecule has 0 spiro atoms. The van der Waals surface area contributed by atoms with Crippen LogP contribution in [-0.4, -0.2) is 65.4 Å². The Kier molecular flexibility index (Phi) is 5.75. The fourth-order valence-electron chi connectivity index (χ4n) is 2.87. The highest BCUT2D eigenvalue weighted by Gasteiger charge is 2.28. The Bertz CT molecular complexity index is 793. The summed E-state index contributed by atoms with van der Waals surface area (Å²) < 4.78 is 5.10. The number of phenolic OH excluding ortho intramolecular Hbond substituents is 1. The molecule has 3 amide bonds. The molecule has 2 heterocycles. The molecule has 2 aromatic rings. The van der Waals surface area contributed by atoms with Crippen molar-refractivity contribution in [1.82, 2.24) is 15.1 Å². The average molecular weight is 371 g/mol. The SMILES string of the molecule is O=C(NCCc1ccc(O)cc1)C(=O)N1CCN(C(=O)c2ccco2)CC1. The van der Waals surface area contributed by atoms with Crippen LogP contribution in [-0.2, 0) is 16.0 Å². The maximum absolute atomic E-state index is 12.2. The summed E-state index contributed by atoms with van der Waals surface area (Å²) >= 11 is 0. The summed E-state index contributed by atoms with van der Waals surface area (Å²) in [5.74, 6) is -1.01. The van der Waals surface area contributed by atoms with Crippen molar-refractivity contribution in [3.05, 3.63) is 54.0 Å². The summed E-state index contributed by atoms with van der Waals surface area (Å²) in [5, 5.41) is 11.9. The number of amides is 3. The van der Waals surface area contributed by atoms with E-state index in [0.717, 1.165) is 5.56 Å². The molecule has 0 atom stereocenters. The van der Waals surface area contributed by atoms with E-state index in [-0.39, 0.29) is 17.4 Å². The lowest BCUT2D eigenvalue weighted by Crippen LogP contribution is -2.53. The zero-order chi connectivity index (χ0) is 19.2. The second-order valence-electron chi connectivity index (χ2n) is 6.23. The van der Waals surface area contributed by atoms with Crippen LogP contribution in [0.4, 0.5) is 0 Å². The van der Waals surface area contributed by atoms with E-state index in [1.54, 1.807) is 41.3 Å². The van der Waals surface area contributed by atoms with Crippen molar-refractivity contribution in [2.75, 3.05) is 32.7 Å². The van der Waals surface area contributed by atoms with Gasteiger partial charge in [-0.05, 0) is 36.2 Å². The molecule has 0 unspecified atom stereocenters. The number of phenols is 1. The van der Waals surface area contributed by atoms with E-state index in [0.29, 0.717) is 39.1 Å². The molecule has 0 radical (unpaired) electrons. The molecule has 1 aliphatic rings. The Morgan fingerprint density at radius 1 is 1.00 bits per heavy atom. The van der Waals surface area contributed by atoms with Gasteiger partial charge >= 0.3 is 11.8 Å². The Morgan fingerprint density at radius 3 is 2.30 bits per heavy atom. The van der Waals surface area contributed by atoms with E-state index in [9.17, 15) is 19.5 Å². The van der Waals surface area contributed by atoms with Gasteiger partial charge in [0.25, 0.3) is 5.91 Å². The summed E-state index contributed by atoms with van der Waals surface area (Å²) in [5.41, 5.74) is 0.950. The number of carbonyl (C=O) groups is 3. The van der Waals surface area contributed by atoms with Crippen molar-refractivity contribution in [3.63, 3.8) is 0 Å². The number of hydrogen-bond donors (Lipinski definition) is 2. The first-order valence-electron chi connectivity index (χ1n) is 8.72. The normalized spacial score (nSPS) is 14.1. The molecule has 1 aromatic heterocycles. The van der Waals surface area contributed by atoms with Crippen LogP contribution in [0.15, 0.2) is 47.1 Å². The number of nitrogens with one attached hydrogen (secondary N) is 1. The first-order valence-corrected chi connectivity index (χ1v) is 8.72. The van der Waals surface area contributed by atoms with E-state index >= 15 is 0 Å². The fourth-order valence-corrected chi connectivity index (χ4v) is 2.87. The lowest BCUT2D eigenvalue weighted by Gasteiger charge is -2.33. The number of hydrogen-bond acceptors (Lipinski definition) is 5. The predicted molar refractivity (Wildman–Crippen MR) is 96.0 cm³/mol. The second-order valence-corrected chi connectivity index (χ2v) is 6.23. The second kappa shape index (κ2) is 8.39. The van der Waals surface area contributed by atoms with Gasteiger partial charge in [0.15, 0.2) is 5.76 Å². The Labute approximate surface area is 156 Å². The lowest BCUT2D eigenvalue weighted by atomic mass is 10.1. The van der Waals surface area contributed by atoms with Gasteiger partial charge in [0.1, 0.15) is 5.75 Å². The third-order valence-corrected chi connectivity index (χ3v) is 4.42. The van der Waals surface area contributed by atoms with Crippen molar-refractivity contribution in [1.29, 1.82) is 0 Å². The van der Waals surface area contributed by atoms with Gasteiger partial charge in [-0.25, -0.2) is 0 Å². The third-order valence-electron chi connectivity index (χ3n) is 4.42. The fraction of sp³-hybridized carbons (Fsp3) is 0.316. The number of carbonyl (C=O) groups excluding carboxylic acids is 3. The number of piperazine rings is 1. The van der Waals surface area contributed by atoms with Crippen molar-refractivity contribution >= 4 is 17.7 Å². The van der Waals surface area contributed by atoms with E-state index in [1.165, 1.54) is 11.2 Å². The predicted octanol–water partition coefficient (Wildman–Crippen LogP) is 0.628. The van der Waals surface area contributed by atoms with Crippen LogP contribution >= 0.6 is 0 Å². The Balaban J connectivity index is 1.42. The van der Waals surface area contributed by atoms with Crippen molar-refractivity contribution in [2.45, 2.75) is 6.42 Å². The Hall–Kier alpha value is -3.29. The summed E-state index contributed by atoms with van der Waals surface area (Å²) in [6.07, 6.45) is 2.00. The highest BCUT2D eigenvalue weighted by Crippen LogP contribution is 2.11. The first kappa shape index (κ1) is 18.5. The highest BCUT2D eigenvalue weighted by atomic mass is 16.3. The quantitative estimate of drug-likeness (QED) is 0.768. The Morgan fingerprint density at radius 2 is 1.67 bits per heavy atom. The van der Waals surface area contributed by atoms with Crippen LogP contribution in [0, 0.1) is 0 Å². The van der Waals surface area contributed by atoms with Gasteiger partial charge in [0.05, 0.1) is 6.26 Å². The molecule has 1 fully saturated rings. The zero-order valence-electron chi connectivity index (χ0n) is 14.8. The molecular formula is C19H21N3O5. The van der Waals surface area contributed by atoms with Crippen LogP contribution in [0.1, 0.15) is 16.1 Å². The van der Waals surface area contributed by atoms with Gasteiger partial charge in [0.2, 0.25) is 0 Å². The van der Waals surface area contributed by atoms with Crippen molar-refractivity contribution < 1.29 is 23.9 Å². The van der Waals surface area contributed by atoms with E-state index in [4.69, 9.17) is 4.42 Å². The summed E-state index contributed by atoms with van der Waals surface area (Å²) in [7, 11) is 0. The summed E-state index contributed by atoms with van der Waals surface area (Å²) in [6, 6.07) is 9.92. The van der Waals surface area contributed by atoms with Crippen LogP contribution in [0.2, 0.25) is 0 Å². The van der Waals surface area contributed by atoms with Crippen LogP contribution in [0.25, 0.3) is 0 Å². The van der Waals surface area contributed by atoms with E-state index in [1.807, 2.05) is 0 Å². The monoisotopic (exact) mass is 371 g/mol. The molecule has 1 saturated heterocycles. The maximum atomic E-state index is 12.2. The number of nitrogens with zero attached hydrogens (tertiary/aromatic N) is 2. The minimum atomic E-state index is -0.653. The molecule has 3 rings (SSSR count). The lowest BCUT2D eigenvalue weighted by molar-refractivity contribution is -0.146. The third kappa shape index (κ3) is 4.66. The van der Waals surface area contributed by atoms with Gasteiger partial charge < -0.3 is 24.6 Å². The van der Waals surface area contributed by atoms with Gasteiger partial charge in [0, 0.05) is 32.7 Å². The summed E-state index contributed by atoms with van der Waals surface area (Å²) in [6.45, 7) is 1.64. The zero-order valence-corrected chi connectivity index (χ0v) is 14.8. The van der Waals surface area contributed by atoms with Crippen LogP contribution in [0.3, 0.4) is 0 Å². The van der Waals surface area contributed by atoms with Gasteiger partial charge in [-0.1, -0.05) is 12.1 Å². The molecule has 0 saturated carbocycles. The van der Waals surface area contributed by atoms with Gasteiger partial charge in [-0.2, -0.15) is 0 Å². The molecule has 142 valence electrons. The minimum Gasteiger partial charge on any atom is -0.508 e. The standard InChI is InChI=1S/C19H21N3O5/c23-15-5-3-14(4-6-15)7-8-20-17(24)19(26)22-11-9-21(10-12-22)18(25)16-2-1-13-27-16/h1-6,13,23H,7-12H2,(H,20,24). The number of benzene rings is 1. The maximum Gasteiger partial charge on any atom is 0.312 e. The number of rotatable bonds is 4. The first-order chi connectivity index (χ1) is 13.0. The number of aromatic hydroxyl groups is 1. The molecule has 27 heavy (non-hydrogen) atoms. The molecule has 0 bridgehead atoms. The molecule has 8 heteroatoms. The van der Waals surface area contributed by atoms with Crippen molar-refractivity contribution in [2.24, 2.45) is 0 Å².